The monoisotopic (exact) mass is 422 g/mol. The van der Waals surface area contributed by atoms with E-state index in [9.17, 15) is 19.8 Å². The molecule has 3 saturated carbocycles. The van der Waals surface area contributed by atoms with Crippen molar-refractivity contribution in [3.8, 4) is 0 Å². The minimum atomic E-state index is -1.19. The first-order valence-corrected chi connectivity index (χ1v) is 12.1. The number of hydrogen-bond acceptors (Lipinski definition) is 4. The fourth-order valence-corrected chi connectivity index (χ4v) is 6.74. The minimum absolute atomic E-state index is 0.00620. The van der Waals surface area contributed by atoms with Crippen molar-refractivity contribution in [2.75, 3.05) is 0 Å². The Labute approximate surface area is 181 Å². The van der Waals surface area contributed by atoms with Gasteiger partial charge in [-0.3, -0.25) is 9.59 Å². The van der Waals surface area contributed by atoms with Crippen molar-refractivity contribution >= 4 is 11.8 Å². The molecule has 3 fully saturated rings. The fourth-order valence-electron chi connectivity index (χ4n) is 6.74. The first kappa shape index (κ1) is 23.5. The van der Waals surface area contributed by atoms with Gasteiger partial charge in [-0.2, -0.15) is 0 Å². The summed E-state index contributed by atoms with van der Waals surface area (Å²) >= 11 is 0. The summed E-state index contributed by atoms with van der Waals surface area (Å²) in [4.78, 5) is 28.5. The first-order chi connectivity index (χ1) is 14.0. The summed E-state index contributed by atoms with van der Waals surface area (Å²) in [6.45, 7) is 8.15. The standard InChI is InChI=1S/C24H42N2O4/c1-16(2)18(23(29)12-5-6-13-23)26(21(28)22(20(25)27)10-9-11-22)19(17(3)4)24(30)14-7-8-15-24/h16-19,29-30H,5-15H2,1-4H3,(H2,25,27). The van der Waals surface area contributed by atoms with Crippen LogP contribution in [0, 0.1) is 17.3 Å². The summed E-state index contributed by atoms with van der Waals surface area (Å²) in [5, 5.41) is 23.4. The molecule has 0 aromatic heterocycles. The fraction of sp³-hybridized carbons (Fsp3) is 0.917. The van der Waals surface area contributed by atoms with Gasteiger partial charge in [0, 0.05) is 0 Å². The molecule has 0 bridgehead atoms. The summed E-state index contributed by atoms with van der Waals surface area (Å²) in [5.41, 5.74) is 2.61. The molecule has 0 radical (unpaired) electrons. The van der Waals surface area contributed by atoms with E-state index in [1.54, 1.807) is 4.90 Å². The number of nitrogens with zero attached hydrogens (tertiary/aromatic N) is 1. The lowest BCUT2D eigenvalue weighted by atomic mass is 9.65. The Hall–Kier alpha value is -1.14. The Morgan fingerprint density at radius 1 is 0.733 bits per heavy atom. The quantitative estimate of drug-likeness (QED) is 0.523. The van der Waals surface area contributed by atoms with Gasteiger partial charge in [0.2, 0.25) is 11.8 Å². The predicted octanol–water partition coefficient (Wildman–Crippen LogP) is 3.13. The molecule has 6 nitrogen and oxygen atoms in total. The van der Waals surface area contributed by atoms with Crippen LogP contribution in [0.1, 0.15) is 98.3 Å². The Morgan fingerprint density at radius 3 is 1.33 bits per heavy atom. The van der Waals surface area contributed by atoms with Gasteiger partial charge in [-0.25, -0.2) is 0 Å². The number of hydrogen-bond donors (Lipinski definition) is 3. The van der Waals surface area contributed by atoms with Crippen LogP contribution in [0.25, 0.3) is 0 Å². The van der Waals surface area contributed by atoms with Gasteiger partial charge in [0.05, 0.1) is 23.3 Å². The summed E-state index contributed by atoms with van der Waals surface area (Å²) in [6.07, 6.45) is 8.03. The maximum absolute atomic E-state index is 14.2. The van der Waals surface area contributed by atoms with Crippen LogP contribution in [-0.4, -0.2) is 50.2 Å². The van der Waals surface area contributed by atoms with E-state index in [2.05, 4.69) is 0 Å². The second kappa shape index (κ2) is 8.42. The van der Waals surface area contributed by atoms with Gasteiger partial charge in [-0.05, 0) is 50.4 Å². The molecule has 3 rings (SSSR count). The maximum Gasteiger partial charge on any atom is 0.238 e. The van der Waals surface area contributed by atoms with Gasteiger partial charge in [0.15, 0.2) is 0 Å². The predicted molar refractivity (Wildman–Crippen MR) is 116 cm³/mol. The van der Waals surface area contributed by atoms with Gasteiger partial charge < -0.3 is 20.8 Å². The summed E-state index contributed by atoms with van der Waals surface area (Å²) in [6, 6.07) is -0.886. The molecule has 0 spiro atoms. The van der Waals surface area contributed by atoms with Crippen molar-refractivity contribution in [3.63, 3.8) is 0 Å². The molecule has 30 heavy (non-hydrogen) atoms. The van der Waals surface area contributed by atoms with E-state index in [1.165, 1.54) is 0 Å². The molecule has 0 heterocycles. The number of rotatable bonds is 8. The average molecular weight is 423 g/mol. The van der Waals surface area contributed by atoms with Crippen molar-refractivity contribution in [1.82, 2.24) is 4.90 Å². The zero-order valence-electron chi connectivity index (χ0n) is 19.3. The lowest BCUT2D eigenvalue weighted by Crippen LogP contribution is -2.70. The number of aliphatic hydroxyl groups is 2. The van der Waals surface area contributed by atoms with Crippen molar-refractivity contribution in [2.24, 2.45) is 23.0 Å². The summed E-state index contributed by atoms with van der Waals surface area (Å²) in [5.74, 6) is -0.841. The molecule has 2 atom stereocenters. The molecule has 3 aliphatic rings. The molecular formula is C24H42N2O4. The highest BCUT2D eigenvalue weighted by Crippen LogP contribution is 2.49. The molecule has 2 amide bonds. The lowest BCUT2D eigenvalue weighted by molar-refractivity contribution is -0.182. The van der Waals surface area contributed by atoms with Crippen LogP contribution < -0.4 is 5.73 Å². The topological polar surface area (TPSA) is 104 Å². The Kier molecular flexibility index (Phi) is 6.60. The van der Waals surface area contributed by atoms with Gasteiger partial charge in [0.1, 0.15) is 5.41 Å². The Morgan fingerprint density at radius 2 is 1.10 bits per heavy atom. The highest BCUT2D eigenvalue weighted by atomic mass is 16.3. The van der Waals surface area contributed by atoms with E-state index in [-0.39, 0.29) is 17.7 Å². The van der Waals surface area contributed by atoms with Crippen molar-refractivity contribution < 1.29 is 19.8 Å². The van der Waals surface area contributed by atoms with Gasteiger partial charge in [-0.15, -0.1) is 0 Å². The zero-order chi connectivity index (χ0) is 22.3. The van der Waals surface area contributed by atoms with E-state index >= 15 is 0 Å². The van der Waals surface area contributed by atoms with E-state index in [4.69, 9.17) is 5.73 Å². The van der Waals surface area contributed by atoms with Crippen molar-refractivity contribution in [3.05, 3.63) is 0 Å². The van der Waals surface area contributed by atoms with Gasteiger partial charge >= 0.3 is 0 Å². The number of amides is 2. The molecule has 2 unspecified atom stereocenters. The van der Waals surface area contributed by atoms with Gasteiger partial charge in [-0.1, -0.05) is 59.8 Å². The zero-order valence-corrected chi connectivity index (χ0v) is 19.3. The smallest absolute Gasteiger partial charge is 0.238 e. The van der Waals surface area contributed by atoms with E-state index in [0.717, 1.165) is 32.1 Å². The van der Waals surface area contributed by atoms with Crippen LogP contribution in [0.3, 0.4) is 0 Å². The third-order valence-electron chi connectivity index (χ3n) is 8.22. The first-order valence-electron chi connectivity index (χ1n) is 12.1. The van der Waals surface area contributed by atoms with Crippen molar-refractivity contribution in [2.45, 2.75) is 122 Å². The normalized spacial score (nSPS) is 26.4. The third kappa shape index (κ3) is 3.79. The van der Waals surface area contributed by atoms with Crippen LogP contribution in [-0.2, 0) is 9.59 Å². The molecule has 3 aliphatic carbocycles. The number of primary amides is 1. The summed E-state index contributed by atoms with van der Waals surface area (Å²) in [7, 11) is 0. The SMILES string of the molecule is CC(C)C(N(C(=O)C1(C(N)=O)CCC1)C(C(C)C)C1(O)CCCC1)C1(O)CCCC1. The number of nitrogens with two attached hydrogens (primary N) is 1. The maximum atomic E-state index is 14.2. The molecule has 172 valence electrons. The van der Waals surface area contributed by atoms with Crippen LogP contribution in [0.2, 0.25) is 0 Å². The second-order valence-corrected chi connectivity index (χ2v) is 11.0. The highest BCUT2D eigenvalue weighted by molar-refractivity contribution is 6.05. The number of carbonyl (C=O) groups is 2. The molecule has 0 aromatic carbocycles. The van der Waals surface area contributed by atoms with Gasteiger partial charge in [0.25, 0.3) is 0 Å². The second-order valence-electron chi connectivity index (χ2n) is 11.0. The third-order valence-corrected chi connectivity index (χ3v) is 8.22. The highest BCUT2D eigenvalue weighted by Gasteiger charge is 2.59. The molecule has 0 aliphatic heterocycles. The van der Waals surface area contributed by atoms with Crippen molar-refractivity contribution in [1.29, 1.82) is 0 Å². The molecule has 0 saturated heterocycles. The molecule has 4 N–H and O–H groups in total. The van der Waals surface area contributed by atoms with Crippen LogP contribution in [0.15, 0.2) is 0 Å². The van der Waals surface area contributed by atoms with E-state index < -0.39 is 34.6 Å². The van der Waals surface area contributed by atoms with E-state index in [0.29, 0.717) is 38.5 Å². The minimum Gasteiger partial charge on any atom is -0.388 e. The lowest BCUT2D eigenvalue weighted by Gasteiger charge is -2.55. The van der Waals surface area contributed by atoms with Crippen LogP contribution in [0.4, 0.5) is 0 Å². The summed E-state index contributed by atoms with van der Waals surface area (Å²) < 4.78 is 0. The average Bonchev–Trinajstić information content (AvgIpc) is 3.21. The Balaban J connectivity index is 2.14. The Bertz CT molecular complexity index is 610. The number of carbonyl (C=O) groups excluding carboxylic acids is 2. The van der Waals surface area contributed by atoms with Crippen LogP contribution in [0.5, 0.6) is 0 Å². The largest absolute Gasteiger partial charge is 0.388 e. The van der Waals surface area contributed by atoms with Crippen LogP contribution >= 0.6 is 0 Å². The molecular weight excluding hydrogens is 380 g/mol. The molecule has 6 heteroatoms. The van der Waals surface area contributed by atoms with E-state index in [1.807, 2.05) is 27.7 Å². The molecule has 0 aromatic rings.